The van der Waals surface area contributed by atoms with Crippen molar-refractivity contribution in [1.29, 1.82) is 0 Å². The molecule has 1 amide bonds. The first-order valence-corrected chi connectivity index (χ1v) is 5.86. The zero-order valence-electron chi connectivity index (χ0n) is 10.4. The molecule has 0 radical (unpaired) electrons. The fourth-order valence-electron chi connectivity index (χ4n) is 2.09. The number of nitrogens with one attached hydrogen (secondary N) is 1. The third-order valence-corrected chi connectivity index (χ3v) is 2.93. The zero-order valence-corrected chi connectivity index (χ0v) is 10.4. The summed E-state index contributed by atoms with van der Waals surface area (Å²) >= 11 is 0. The van der Waals surface area contributed by atoms with E-state index in [0.29, 0.717) is 0 Å². The maximum absolute atomic E-state index is 11.8. The molecule has 0 saturated carbocycles. The Morgan fingerprint density at radius 2 is 2.40 bits per heavy atom. The Labute approximate surface area is 113 Å². The smallest absolute Gasteiger partial charge is 0.311 e. The van der Waals surface area contributed by atoms with Crippen molar-refractivity contribution in [3.8, 4) is 0 Å². The molecule has 1 aliphatic heterocycles. The van der Waals surface area contributed by atoms with Crippen LogP contribution in [0.1, 0.15) is 6.42 Å². The van der Waals surface area contributed by atoms with Crippen molar-refractivity contribution >= 4 is 23.4 Å². The number of amides is 1. The van der Waals surface area contributed by atoms with E-state index in [2.05, 4.69) is 10.3 Å². The number of anilines is 1. The van der Waals surface area contributed by atoms with E-state index in [4.69, 9.17) is 5.11 Å². The minimum atomic E-state index is -1.16. The van der Waals surface area contributed by atoms with Gasteiger partial charge in [-0.15, -0.1) is 0 Å². The molecule has 2 N–H and O–H groups in total. The van der Waals surface area contributed by atoms with Crippen LogP contribution < -0.4 is 10.2 Å². The molecule has 1 unspecified atom stereocenters. The van der Waals surface area contributed by atoms with Gasteiger partial charge in [0.05, 0.1) is 11.3 Å². The second-order valence-corrected chi connectivity index (χ2v) is 4.20. The maximum atomic E-state index is 11.8. The second-order valence-electron chi connectivity index (χ2n) is 4.20. The second kappa shape index (κ2) is 5.51. The number of piperazine rings is 1. The summed E-state index contributed by atoms with van der Waals surface area (Å²) in [5, 5.41) is 22.4. The average molecular weight is 280 g/mol. The van der Waals surface area contributed by atoms with Gasteiger partial charge in [0.25, 0.3) is 0 Å². The Hall–Kier alpha value is -2.71. The van der Waals surface area contributed by atoms with E-state index in [9.17, 15) is 19.7 Å². The predicted octanol–water partition coefficient (Wildman–Crippen LogP) is -0.231. The van der Waals surface area contributed by atoms with Crippen molar-refractivity contribution < 1.29 is 19.6 Å². The number of nitrogens with zero attached hydrogens (tertiary/aromatic N) is 3. The Balaban J connectivity index is 2.40. The number of carboxylic acids is 1. The maximum Gasteiger partial charge on any atom is 0.311 e. The fourth-order valence-corrected chi connectivity index (χ4v) is 2.09. The number of nitro groups is 1. The minimum absolute atomic E-state index is 0.0126. The number of rotatable bonds is 4. The lowest BCUT2D eigenvalue weighted by Gasteiger charge is -2.34. The van der Waals surface area contributed by atoms with Gasteiger partial charge in [0.1, 0.15) is 6.04 Å². The third-order valence-electron chi connectivity index (χ3n) is 2.93. The van der Waals surface area contributed by atoms with E-state index in [1.54, 1.807) is 0 Å². The van der Waals surface area contributed by atoms with Crippen molar-refractivity contribution in [3.63, 3.8) is 0 Å². The van der Waals surface area contributed by atoms with Crippen molar-refractivity contribution in [3.05, 3.63) is 28.4 Å². The zero-order chi connectivity index (χ0) is 14.7. The summed E-state index contributed by atoms with van der Waals surface area (Å²) in [4.78, 5) is 38.3. The van der Waals surface area contributed by atoms with Gasteiger partial charge in [-0.1, -0.05) is 0 Å². The van der Waals surface area contributed by atoms with Crippen molar-refractivity contribution in [1.82, 2.24) is 10.3 Å². The molecule has 0 bridgehead atoms. The van der Waals surface area contributed by atoms with Crippen LogP contribution in [-0.4, -0.2) is 46.0 Å². The van der Waals surface area contributed by atoms with Gasteiger partial charge in [0.2, 0.25) is 11.7 Å². The molecule has 1 aliphatic rings. The molecule has 0 aliphatic carbocycles. The van der Waals surface area contributed by atoms with Crippen LogP contribution in [0, 0.1) is 10.1 Å². The van der Waals surface area contributed by atoms with Crippen LogP contribution in [-0.2, 0) is 9.59 Å². The lowest BCUT2D eigenvalue weighted by molar-refractivity contribution is -0.384. The van der Waals surface area contributed by atoms with Crippen LogP contribution in [0.3, 0.4) is 0 Å². The van der Waals surface area contributed by atoms with Crippen LogP contribution in [0.2, 0.25) is 0 Å². The molecule has 0 aromatic carbocycles. The van der Waals surface area contributed by atoms with Crippen LogP contribution in [0.4, 0.5) is 11.5 Å². The molecule has 1 aromatic heterocycles. The van der Waals surface area contributed by atoms with Gasteiger partial charge in [-0.2, -0.15) is 0 Å². The van der Waals surface area contributed by atoms with Crippen LogP contribution in [0.25, 0.3) is 0 Å². The topological polar surface area (TPSA) is 126 Å². The summed E-state index contributed by atoms with van der Waals surface area (Å²) in [6.07, 6.45) is 0.923. The lowest BCUT2D eigenvalue weighted by Crippen LogP contribution is -2.56. The highest BCUT2D eigenvalue weighted by Gasteiger charge is 2.35. The first-order chi connectivity index (χ1) is 9.50. The molecule has 1 atom stereocenters. The molecule has 9 heteroatoms. The van der Waals surface area contributed by atoms with Gasteiger partial charge in [-0.3, -0.25) is 19.7 Å². The molecule has 1 aromatic rings. The summed E-state index contributed by atoms with van der Waals surface area (Å²) in [6.45, 7) is 0.546. The van der Waals surface area contributed by atoms with Gasteiger partial charge in [-0.05, 0) is 6.07 Å². The minimum Gasteiger partial charge on any atom is -0.481 e. The van der Waals surface area contributed by atoms with Crippen molar-refractivity contribution in [2.24, 2.45) is 0 Å². The highest BCUT2D eigenvalue weighted by Crippen LogP contribution is 2.28. The number of aromatic nitrogens is 1. The van der Waals surface area contributed by atoms with E-state index in [0.717, 1.165) is 0 Å². The molecule has 106 valence electrons. The monoisotopic (exact) mass is 280 g/mol. The molecule has 9 nitrogen and oxygen atoms in total. The Kier molecular flexibility index (Phi) is 3.78. The number of carbonyl (C=O) groups excluding carboxylic acids is 1. The summed E-state index contributed by atoms with van der Waals surface area (Å²) in [5.74, 6) is -1.62. The first kappa shape index (κ1) is 13.7. The molecular weight excluding hydrogens is 268 g/mol. The van der Waals surface area contributed by atoms with E-state index in [-0.39, 0.29) is 24.6 Å². The molecule has 0 spiro atoms. The first-order valence-electron chi connectivity index (χ1n) is 5.86. The Morgan fingerprint density at radius 1 is 1.65 bits per heavy atom. The molecule has 2 rings (SSSR count). The van der Waals surface area contributed by atoms with Gasteiger partial charge in [0, 0.05) is 25.4 Å². The van der Waals surface area contributed by atoms with Gasteiger partial charge < -0.3 is 15.3 Å². The number of carboxylic acid groups (broad SMARTS) is 1. The quantitative estimate of drug-likeness (QED) is 0.576. The van der Waals surface area contributed by atoms with E-state index in [1.165, 1.54) is 23.2 Å². The summed E-state index contributed by atoms with van der Waals surface area (Å²) in [6, 6.07) is 1.68. The van der Waals surface area contributed by atoms with Gasteiger partial charge in [-0.25, -0.2) is 4.98 Å². The fraction of sp³-hybridized carbons (Fsp3) is 0.364. The number of hydrogen-bond acceptors (Lipinski definition) is 6. The highest BCUT2D eigenvalue weighted by atomic mass is 16.6. The number of pyridine rings is 1. The standard InChI is InChI=1S/C11H12N4O5/c16-9(17)6-8-11(18)13-4-5-14(8)10-7(15(19)20)2-1-3-12-10/h1-3,8H,4-6H2,(H,13,18)(H,16,17). The molecule has 1 fully saturated rings. The highest BCUT2D eigenvalue weighted by molar-refractivity contribution is 5.90. The number of aliphatic carboxylic acids is 1. The normalized spacial score (nSPS) is 18.5. The molecule has 20 heavy (non-hydrogen) atoms. The average Bonchev–Trinajstić information content (AvgIpc) is 2.40. The van der Waals surface area contributed by atoms with Crippen LogP contribution >= 0.6 is 0 Å². The molecule has 2 heterocycles. The van der Waals surface area contributed by atoms with Crippen molar-refractivity contribution in [2.45, 2.75) is 12.5 Å². The van der Waals surface area contributed by atoms with E-state index >= 15 is 0 Å². The van der Waals surface area contributed by atoms with Gasteiger partial charge in [0.15, 0.2) is 0 Å². The van der Waals surface area contributed by atoms with E-state index < -0.39 is 29.3 Å². The number of hydrogen-bond donors (Lipinski definition) is 2. The van der Waals surface area contributed by atoms with Crippen molar-refractivity contribution in [2.75, 3.05) is 18.0 Å². The summed E-state index contributed by atoms with van der Waals surface area (Å²) in [7, 11) is 0. The van der Waals surface area contributed by atoms with Crippen LogP contribution in [0.5, 0.6) is 0 Å². The SMILES string of the molecule is O=C(O)CC1C(=O)NCCN1c1ncccc1[N+](=O)[O-]. The largest absolute Gasteiger partial charge is 0.481 e. The summed E-state index contributed by atoms with van der Waals surface area (Å²) < 4.78 is 0. The molecular formula is C11H12N4O5. The van der Waals surface area contributed by atoms with E-state index in [1.807, 2.05) is 0 Å². The Morgan fingerprint density at radius 3 is 3.05 bits per heavy atom. The third kappa shape index (κ3) is 2.66. The lowest BCUT2D eigenvalue weighted by atomic mass is 10.1. The number of carbonyl (C=O) groups is 2. The predicted molar refractivity (Wildman–Crippen MR) is 67.3 cm³/mol. The Bertz CT molecular complexity index is 561. The molecule has 1 saturated heterocycles. The van der Waals surface area contributed by atoms with Crippen LogP contribution in [0.15, 0.2) is 18.3 Å². The van der Waals surface area contributed by atoms with Gasteiger partial charge >= 0.3 is 11.7 Å². The summed E-state index contributed by atoms with van der Waals surface area (Å²) in [5.41, 5.74) is -0.252.